The Morgan fingerprint density at radius 2 is 2.31 bits per heavy atom. The largest absolute Gasteiger partial charge is 0.385 e. The van der Waals surface area contributed by atoms with Gasteiger partial charge in [0.05, 0.1) is 7.05 Å². The molecule has 92 valence electrons. The lowest BCUT2D eigenvalue weighted by atomic mass is 10.1. The number of tetrazole rings is 1. The number of aromatic nitrogens is 4. The van der Waals surface area contributed by atoms with Crippen molar-refractivity contribution in [1.29, 1.82) is 0 Å². The molecule has 1 aromatic rings. The van der Waals surface area contributed by atoms with Crippen molar-refractivity contribution in [3.8, 4) is 0 Å². The zero-order valence-corrected chi connectivity index (χ0v) is 10.3. The summed E-state index contributed by atoms with van der Waals surface area (Å²) in [7, 11) is 3.50. The molecule has 1 atom stereocenters. The van der Waals surface area contributed by atoms with Gasteiger partial charge in [-0.15, -0.1) is 10.2 Å². The number of methoxy groups -OCH3 is 1. The SMILES string of the molecule is CCCNC(CCOC)Cc1nnn(C)n1. The standard InChI is InChI=1S/C10H21N5O/c1-4-6-11-9(5-7-16-3)8-10-12-14-15(2)13-10/h9,11H,4-8H2,1-3H3. The van der Waals surface area contributed by atoms with E-state index in [9.17, 15) is 0 Å². The van der Waals surface area contributed by atoms with Crippen molar-refractivity contribution in [3.63, 3.8) is 0 Å². The van der Waals surface area contributed by atoms with E-state index in [1.54, 1.807) is 14.2 Å². The van der Waals surface area contributed by atoms with Gasteiger partial charge in [0.15, 0.2) is 5.82 Å². The Bertz CT molecular complexity index is 280. The third kappa shape index (κ3) is 4.67. The topological polar surface area (TPSA) is 64.9 Å². The van der Waals surface area contributed by atoms with Crippen LogP contribution in [-0.4, -0.2) is 46.5 Å². The fraction of sp³-hybridized carbons (Fsp3) is 0.900. The van der Waals surface area contributed by atoms with Crippen molar-refractivity contribution in [1.82, 2.24) is 25.5 Å². The van der Waals surface area contributed by atoms with E-state index in [2.05, 4.69) is 27.7 Å². The number of hydrogen-bond acceptors (Lipinski definition) is 5. The summed E-state index contributed by atoms with van der Waals surface area (Å²) in [4.78, 5) is 1.49. The van der Waals surface area contributed by atoms with E-state index in [1.165, 1.54) is 4.80 Å². The average Bonchev–Trinajstić information content (AvgIpc) is 2.68. The minimum absolute atomic E-state index is 0.365. The molecule has 1 heterocycles. The Balaban J connectivity index is 2.41. The first-order chi connectivity index (χ1) is 7.76. The lowest BCUT2D eigenvalue weighted by Gasteiger charge is -2.16. The van der Waals surface area contributed by atoms with Crippen LogP contribution in [-0.2, 0) is 18.2 Å². The first-order valence-corrected chi connectivity index (χ1v) is 5.71. The molecule has 1 aromatic heterocycles. The molecule has 0 aliphatic carbocycles. The maximum absolute atomic E-state index is 5.09. The summed E-state index contributed by atoms with van der Waals surface area (Å²) in [6.07, 6.45) is 2.89. The van der Waals surface area contributed by atoms with Crippen LogP contribution in [0.25, 0.3) is 0 Å². The highest BCUT2D eigenvalue weighted by Crippen LogP contribution is 2.00. The van der Waals surface area contributed by atoms with Gasteiger partial charge < -0.3 is 10.1 Å². The van der Waals surface area contributed by atoms with Gasteiger partial charge in [0.1, 0.15) is 0 Å². The molecule has 1 N–H and O–H groups in total. The molecule has 0 aliphatic heterocycles. The molecule has 0 amide bonds. The first-order valence-electron chi connectivity index (χ1n) is 5.71. The maximum atomic E-state index is 5.09. The zero-order chi connectivity index (χ0) is 11.8. The molecule has 6 nitrogen and oxygen atoms in total. The lowest BCUT2D eigenvalue weighted by molar-refractivity contribution is 0.182. The highest BCUT2D eigenvalue weighted by molar-refractivity contribution is 4.84. The zero-order valence-electron chi connectivity index (χ0n) is 10.3. The van der Waals surface area contributed by atoms with Gasteiger partial charge in [-0.1, -0.05) is 6.92 Å². The molecule has 0 saturated heterocycles. The van der Waals surface area contributed by atoms with Gasteiger partial charge in [-0.25, -0.2) is 0 Å². The van der Waals surface area contributed by atoms with Crippen LogP contribution in [0.1, 0.15) is 25.6 Å². The van der Waals surface area contributed by atoms with Crippen LogP contribution in [0.5, 0.6) is 0 Å². The molecule has 16 heavy (non-hydrogen) atoms. The molecule has 0 saturated carbocycles. The van der Waals surface area contributed by atoms with Crippen LogP contribution in [0.4, 0.5) is 0 Å². The van der Waals surface area contributed by atoms with Crippen molar-refractivity contribution < 1.29 is 4.74 Å². The third-order valence-electron chi connectivity index (χ3n) is 2.33. The summed E-state index contributed by atoms with van der Waals surface area (Å²) in [5.41, 5.74) is 0. The molecule has 1 unspecified atom stereocenters. The quantitative estimate of drug-likeness (QED) is 0.685. The lowest BCUT2D eigenvalue weighted by Crippen LogP contribution is -2.33. The smallest absolute Gasteiger partial charge is 0.176 e. The maximum Gasteiger partial charge on any atom is 0.176 e. The van der Waals surface area contributed by atoms with Gasteiger partial charge >= 0.3 is 0 Å². The summed E-state index contributed by atoms with van der Waals surface area (Å²) in [6, 6.07) is 0.365. The monoisotopic (exact) mass is 227 g/mol. The van der Waals surface area contributed by atoms with Crippen LogP contribution in [0, 0.1) is 0 Å². The van der Waals surface area contributed by atoms with E-state index in [-0.39, 0.29) is 0 Å². The van der Waals surface area contributed by atoms with E-state index in [0.29, 0.717) is 6.04 Å². The minimum Gasteiger partial charge on any atom is -0.385 e. The molecule has 1 rings (SSSR count). The van der Waals surface area contributed by atoms with Crippen LogP contribution in [0.3, 0.4) is 0 Å². The number of ether oxygens (including phenoxy) is 1. The molecule has 0 bridgehead atoms. The van der Waals surface area contributed by atoms with Gasteiger partial charge in [-0.05, 0) is 24.6 Å². The summed E-state index contributed by atoms with van der Waals surface area (Å²) in [5, 5.41) is 15.5. The summed E-state index contributed by atoms with van der Waals surface area (Å²) >= 11 is 0. The second kappa shape index (κ2) is 7.29. The van der Waals surface area contributed by atoms with Crippen molar-refractivity contribution in [2.75, 3.05) is 20.3 Å². The van der Waals surface area contributed by atoms with Gasteiger partial charge in [0, 0.05) is 26.2 Å². The molecule has 6 heteroatoms. The van der Waals surface area contributed by atoms with E-state index >= 15 is 0 Å². The highest BCUT2D eigenvalue weighted by Gasteiger charge is 2.11. The van der Waals surface area contributed by atoms with Crippen LogP contribution in [0.2, 0.25) is 0 Å². The van der Waals surface area contributed by atoms with E-state index in [4.69, 9.17) is 4.74 Å². The Morgan fingerprint density at radius 3 is 2.88 bits per heavy atom. The fourth-order valence-corrected chi connectivity index (χ4v) is 1.51. The van der Waals surface area contributed by atoms with Crippen molar-refractivity contribution >= 4 is 0 Å². The molecule has 0 fully saturated rings. The molecule has 0 aliphatic rings. The molecular weight excluding hydrogens is 206 g/mol. The number of rotatable bonds is 8. The van der Waals surface area contributed by atoms with Crippen LogP contribution >= 0.6 is 0 Å². The Labute approximate surface area is 96.4 Å². The predicted octanol–water partition coefficient (Wildman–Crippen LogP) is 0.157. The summed E-state index contributed by atoms with van der Waals surface area (Å²) in [5.74, 6) is 0.784. The van der Waals surface area contributed by atoms with E-state index in [0.717, 1.165) is 38.2 Å². The Morgan fingerprint density at radius 1 is 1.50 bits per heavy atom. The number of aryl methyl sites for hydroxylation is 1. The number of nitrogens with one attached hydrogen (secondary N) is 1. The number of nitrogens with zero attached hydrogens (tertiary/aromatic N) is 4. The van der Waals surface area contributed by atoms with Gasteiger partial charge in [0.25, 0.3) is 0 Å². The summed E-state index contributed by atoms with van der Waals surface area (Å²) < 4.78 is 5.09. The van der Waals surface area contributed by atoms with Crippen LogP contribution in [0.15, 0.2) is 0 Å². The van der Waals surface area contributed by atoms with Crippen LogP contribution < -0.4 is 5.32 Å². The molecule has 0 spiro atoms. The van der Waals surface area contributed by atoms with Gasteiger partial charge in [-0.3, -0.25) is 0 Å². The summed E-state index contributed by atoms with van der Waals surface area (Å²) in [6.45, 7) is 3.91. The molecular formula is C10H21N5O. The Kier molecular flexibility index (Phi) is 5.95. The number of hydrogen-bond donors (Lipinski definition) is 1. The molecule has 0 radical (unpaired) electrons. The second-order valence-electron chi connectivity index (χ2n) is 3.83. The van der Waals surface area contributed by atoms with Crippen molar-refractivity contribution in [2.45, 2.75) is 32.2 Å². The van der Waals surface area contributed by atoms with Gasteiger partial charge in [0.2, 0.25) is 0 Å². The van der Waals surface area contributed by atoms with Crippen molar-refractivity contribution in [3.05, 3.63) is 5.82 Å². The van der Waals surface area contributed by atoms with E-state index < -0.39 is 0 Å². The molecule has 0 aromatic carbocycles. The normalized spacial score (nSPS) is 12.9. The highest BCUT2D eigenvalue weighted by atomic mass is 16.5. The second-order valence-corrected chi connectivity index (χ2v) is 3.83. The minimum atomic E-state index is 0.365. The predicted molar refractivity (Wildman–Crippen MR) is 61.1 cm³/mol. The average molecular weight is 227 g/mol. The van der Waals surface area contributed by atoms with E-state index in [1.807, 2.05) is 0 Å². The third-order valence-corrected chi connectivity index (χ3v) is 2.33. The fourth-order valence-electron chi connectivity index (χ4n) is 1.51. The van der Waals surface area contributed by atoms with Crippen molar-refractivity contribution in [2.24, 2.45) is 7.05 Å². The van der Waals surface area contributed by atoms with Gasteiger partial charge in [-0.2, -0.15) is 4.80 Å². The Hall–Kier alpha value is -1.01. The first kappa shape index (κ1) is 13.1.